The monoisotopic (exact) mass is 216 g/mol. The molecule has 1 heterocycles. The van der Waals surface area contributed by atoms with E-state index in [1.165, 1.54) is 5.56 Å². The molecule has 0 unspecified atom stereocenters. The summed E-state index contributed by atoms with van der Waals surface area (Å²) in [4.78, 5) is 16.1. The van der Waals surface area contributed by atoms with Crippen LogP contribution >= 0.6 is 0 Å². The third-order valence-corrected chi connectivity index (χ3v) is 2.64. The number of nitrogens with one attached hydrogen (secondary N) is 1. The van der Waals surface area contributed by atoms with Crippen molar-refractivity contribution in [2.24, 2.45) is 0 Å². The van der Waals surface area contributed by atoms with Gasteiger partial charge in [0.15, 0.2) is 0 Å². The highest BCUT2D eigenvalue weighted by molar-refractivity contribution is 5.78. The SMILES string of the molecule is CN(C)CCc1ccc2[nH]c(=O)ccc2c1. The maximum Gasteiger partial charge on any atom is 0.248 e. The molecule has 0 saturated heterocycles. The Kier molecular flexibility index (Phi) is 3.06. The van der Waals surface area contributed by atoms with Crippen LogP contribution in [0.25, 0.3) is 10.9 Å². The summed E-state index contributed by atoms with van der Waals surface area (Å²) in [6, 6.07) is 9.61. The topological polar surface area (TPSA) is 36.1 Å². The van der Waals surface area contributed by atoms with Gasteiger partial charge in [0.05, 0.1) is 0 Å². The lowest BCUT2D eigenvalue weighted by molar-refractivity contribution is 0.414. The Balaban J connectivity index is 2.30. The van der Waals surface area contributed by atoms with Crippen molar-refractivity contribution in [1.29, 1.82) is 0 Å². The Bertz CT molecular complexity index is 543. The molecule has 84 valence electrons. The van der Waals surface area contributed by atoms with Crippen LogP contribution in [0.5, 0.6) is 0 Å². The van der Waals surface area contributed by atoms with Gasteiger partial charge >= 0.3 is 0 Å². The highest BCUT2D eigenvalue weighted by Crippen LogP contribution is 2.12. The third kappa shape index (κ3) is 2.49. The van der Waals surface area contributed by atoms with Crippen LogP contribution in [0.4, 0.5) is 0 Å². The molecule has 2 rings (SSSR count). The molecule has 1 N–H and O–H groups in total. The van der Waals surface area contributed by atoms with Crippen molar-refractivity contribution in [3.05, 3.63) is 46.2 Å². The first-order valence-electron chi connectivity index (χ1n) is 5.42. The van der Waals surface area contributed by atoms with Gasteiger partial charge in [-0.15, -0.1) is 0 Å². The first-order chi connectivity index (χ1) is 7.65. The number of fused-ring (bicyclic) bond motifs is 1. The van der Waals surface area contributed by atoms with E-state index in [2.05, 4.69) is 36.1 Å². The summed E-state index contributed by atoms with van der Waals surface area (Å²) in [5.41, 5.74) is 2.16. The van der Waals surface area contributed by atoms with Crippen molar-refractivity contribution < 1.29 is 0 Å². The van der Waals surface area contributed by atoms with Crippen LogP contribution in [-0.2, 0) is 6.42 Å². The van der Waals surface area contributed by atoms with Gasteiger partial charge in [-0.3, -0.25) is 4.79 Å². The second-order valence-corrected chi connectivity index (χ2v) is 4.30. The average molecular weight is 216 g/mol. The van der Waals surface area contributed by atoms with E-state index in [0.717, 1.165) is 23.9 Å². The van der Waals surface area contributed by atoms with Gasteiger partial charge < -0.3 is 9.88 Å². The van der Waals surface area contributed by atoms with E-state index in [9.17, 15) is 4.79 Å². The minimum Gasteiger partial charge on any atom is -0.322 e. The van der Waals surface area contributed by atoms with Crippen molar-refractivity contribution in [1.82, 2.24) is 9.88 Å². The lowest BCUT2D eigenvalue weighted by atomic mass is 10.1. The fourth-order valence-electron chi connectivity index (χ4n) is 1.71. The van der Waals surface area contributed by atoms with Gasteiger partial charge in [-0.05, 0) is 49.7 Å². The highest BCUT2D eigenvalue weighted by Gasteiger charge is 1.98. The Hall–Kier alpha value is -1.61. The summed E-state index contributed by atoms with van der Waals surface area (Å²) in [7, 11) is 4.14. The van der Waals surface area contributed by atoms with Crippen LogP contribution in [0.2, 0.25) is 0 Å². The zero-order valence-corrected chi connectivity index (χ0v) is 9.66. The molecule has 0 spiro atoms. The van der Waals surface area contributed by atoms with Crippen LogP contribution in [0.15, 0.2) is 35.1 Å². The molecule has 0 bridgehead atoms. The Morgan fingerprint density at radius 1 is 1.19 bits per heavy atom. The summed E-state index contributed by atoms with van der Waals surface area (Å²) in [5, 5.41) is 1.09. The number of aromatic amines is 1. The molecule has 0 aliphatic heterocycles. The van der Waals surface area contributed by atoms with Crippen molar-refractivity contribution in [2.45, 2.75) is 6.42 Å². The van der Waals surface area contributed by atoms with Gasteiger partial charge in [0.1, 0.15) is 0 Å². The number of pyridine rings is 1. The van der Waals surface area contributed by atoms with E-state index in [1.54, 1.807) is 6.07 Å². The molecule has 0 aliphatic rings. The standard InChI is InChI=1S/C13H16N2O/c1-15(2)8-7-10-3-5-12-11(9-10)4-6-13(16)14-12/h3-6,9H,7-8H2,1-2H3,(H,14,16). The largest absolute Gasteiger partial charge is 0.322 e. The van der Waals surface area contributed by atoms with E-state index < -0.39 is 0 Å². The molecule has 0 fully saturated rings. The van der Waals surface area contributed by atoms with Gasteiger partial charge in [0, 0.05) is 18.1 Å². The Labute approximate surface area is 94.7 Å². The summed E-state index contributed by atoms with van der Waals surface area (Å²) < 4.78 is 0. The van der Waals surface area contributed by atoms with Crippen LogP contribution in [0.1, 0.15) is 5.56 Å². The van der Waals surface area contributed by atoms with Crippen LogP contribution in [0.3, 0.4) is 0 Å². The van der Waals surface area contributed by atoms with Crippen molar-refractivity contribution in [2.75, 3.05) is 20.6 Å². The molecule has 0 radical (unpaired) electrons. The summed E-state index contributed by atoms with van der Waals surface area (Å²) in [5.74, 6) is 0. The highest BCUT2D eigenvalue weighted by atomic mass is 16.1. The quantitative estimate of drug-likeness (QED) is 0.846. The molecule has 0 saturated carbocycles. The number of likely N-dealkylation sites (N-methyl/N-ethyl adjacent to an activating group) is 1. The minimum atomic E-state index is -0.0476. The average Bonchev–Trinajstić information content (AvgIpc) is 2.26. The van der Waals surface area contributed by atoms with Crippen LogP contribution < -0.4 is 5.56 Å². The molecule has 16 heavy (non-hydrogen) atoms. The van der Waals surface area contributed by atoms with Gasteiger partial charge in [-0.25, -0.2) is 0 Å². The lowest BCUT2D eigenvalue weighted by Crippen LogP contribution is -2.15. The number of benzene rings is 1. The molecule has 0 aliphatic carbocycles. The Morgan fingerprint density at radius 3 is 2.75 bits per heavy atom. The van der Waals surface area contributed by atoms with Crippen molar-refractivity contribution in [3.63, 3.8) is 0 Å². The fraction of sp³-hybridized carbons (Fsp3) is 0.308. The summed E-state index contributed by atoms with van der Waals surface area (Å²) >= 11 is 0. The van der Waals surface area contributed by atoms with E-state index in [1.807, 2.05) is 12.1 Å². The molecule has 1 aromatic carbocycles. The van der Waals surface area contributed by atoms with Crippen LogP contribution in [-0.4, -0.2) is 30.5 Å². The predicted octanol–water partition coefficient (Wildman–Crippen LogP) is 1.63. The Morgan fingerprint density at radius 2 is 2.00 bits per heavy atom. The predicted molar refractivity (Wildman–Crippen MR) is 66.8 cm³/mol. The van der Waals surface area contributed by atoms with Crippen molar-refractivity contribution >= 4 is 10.9 Å². The first-order valence-corrected chi connectivity index (χ1v) is 5.42. The van der Waals surface area contributed by atoms with Gasteiger partial charge in [0.2, 0.25) is 5.56 Å². The van der Waals surface area contributed by atoms with E-state index in [-0.39, 0.29) is 5.56 Å². The molecule has 3 heteroatoms. The van der Waals surface area contributed by atoms with E-state index in [4.69, 9.17) is 0 Å². The van der Waals surface area contributed by atoms with Gasteiger partial charge in [-0.2, -0.15) is 0 Å². The molecule has 0 amide bonds. The number of H-pyrrole nitrogens is 1. The molecule has 3 nitrogen and oxygen atoms in total. The number of hydrogen-bond donors (Lipinski definition) is 1. The van der Waals surface area contributed by atoms with E-state index >= 15 is 0 Å². The molecule has 0 atom stereocenters. The molecular formula is C13H16N2O. The smallest absolute Gasteiger partial charge is 0.248 e. The van der Waals surface area contributed by atoms with E-state index in [0.29, 0.717) is 0 Å². The maximum atomic E-state index is 11.1. The molecule has 1 aromatic heterocycles. The zero-order chi connectivity index (χ0) is 11.5. The number of hydrogen-bond acceptors (Lipinski definition) is 2. The number of aromatic nitrogens is 1. The molecular weight excluding hydrogens is 200 g/mol. The lowest BCUT2D eigenvalue weighted by Gasteiger charge is -2.09. The zero-order valence-electron chi connectivity index (χ0n) is 9.66. The maximum absolute atomic E-state index is 11.1. The number of rotatable bonds is 3. The van der Waals surface area contributed by atoms with Crippen LogP contribution in [0, 0.1) is 0 Å². The number of nitrogens with zero attached hydrogens (tertiary/aromatic N) is 1. The second kappa shape index (κ2) is 4.49. The normalized spacial score (nSPS) is 11.2. The van der Waals surface area contributed by atoms with Gasteiger partial charge in [0.25, 0.3) is 0 Å². The summed E-state index contributed by atoms with van der Waals surface area (Å²) in [6.07, 6.45) is 1.03. The van der Waals surface area contributed by atoms with Crippen molar-refractivity contribution in [3.8, 4) is 0 Å². The third-order valence-electron chi connectivity index (χ3n) is 2.64. The minimum absolute atomic E-state index is 0.0476. The fourth-order valence-corrected chi connectivity index (χ4v) is 1.71. The van der Waals surface area contributed by atoms with Gasteiger partial charge in [-0.1, -0.05) is 6.07 Å². The molecule has 2 aromatic rings. The first kappa shape index (κ1) is 10.9. The second-order valence-electron chi connectivity index (χ2n) is 4.30. The summed E-state index contributed by atoms with van der Waals surface area (Å²) in [6.45, 7) is 1.04.